The predicted octanol–water partition coefficient (Wildman–Crippen LogP) is 4.48. The number of hydrogen-bond acceptors (Lipinski definition) is 4. The maximum absolute atomic E-state index is 12.5. The molecule has 160 valence electrons. The number of amides is 1. The summed E-state index contributed by atoms with van der Waals surface area (Å²) in [5, 5.41) is 2.93. The number of carbonyl (C=O) groups excluding carboxylic acids is 2. The SMILES string of the molecule is C=CCOc1cccc(CC(=O)Nc2ccc(CC34CC(=C)CC3COC4=O)cc2)c1. The first-order valence-electron chi connectivity index (χ1n) is 10.5. The van der Waals surface area contributed by atoms with E-state index < -0.39 is 5.41 Å². The second kappa shape index (κ2) is 8.80. The van der Waals surface area contributed by atoms with Crippen molar-refractivity contribution in [2.45, 2.75) is 25.7 Å². The molecule has 1 aliphatic carbocycles. The summed E-state index contributed by atoms with van der Waals surface area (Å²) in [4.78, 5) is 24.9. The lowest BCUT2D eigenvalue weighted by Crippen LogP contribution is -2.31. The van der Waals surface area contributed by atoms with Crippen LogP contribution >= 0.6 is 0 Å². The first-order valence-corrected chi connectivity index (χ1v) is 10.5. The van der Waals surface area contributed by atoms with Crippen molar-refractivity contribution in [3.63, 3.8) is 0 Å². The van der Waals surface area contributed by atoms with E-state index in [-0.39, 0.29) is 24.2 Å². The Kier molecular flexibility index (Phi) is 5.94. The highest BCUT2D eigenvalue weighted by Crippen LogP contribution is 2.52. The van der Waals surface area contributed by atoms with Gasteiger partial charge in [-0.25, -0.2) is 0 Å². The summed E-state index contributed by atoms with van der Waals surface area (Å²) in [6, 6.07) is 15.2. The van der Waals surface area contributed by atoms with Crippen molar-refractivity contribution in [2.75, 3.05) is 18.5 Å². The van der Waals surface area contributed by atoms with Gasteiger partial charge in [0, 0.05) is 11.6 Å². The Balaban J connectivity index is 1.37. The lowest BCUT2D eigenvalue weighted by atomic mass is 9.75. The minimum Gasteiger partial charge on any atom is -0.490 e. The van der Waals surface area contributed by atoms with Gasteiger partial charge in [0.15, 0.2) is 0 Å². The highest BCUT2D eigenvalue weighted by atomic mass is 16.5. The quantitative estimate of drug-likeness (QED) is 0.508. The zero-order valence-electron chi connectivity index (χ0n) is 17.6. The van der Waals surface area contributed by atoms with Gasteiger partial charge >= 0.3 is 5.97 Å². The molecule has 1 saturated heterocycles. The van der Waals surface area contributed by atoms with Crippen molar-refractivity contribution >= 4 is 17.6 Å². The molecule has 5 heteroatoms. The fourth-order valence-electron chi connectivity index (χ4n) is 4.62. The van der Waals surface area contributed by atoms with Gasteiger partial charge in [-0.15, -0.1) is 0 Å². The molecule has 2 atom stereocenters. The highest BCUT2D eigenvalue weighted by molar-refractivity contribution is 5.92. The zero-order valence-corrected chi connectivity index (χ0v) is 17.6. The van der Waals surface area contributed by atoms with Crippen LogP contribution in [0, 0.1) is 11.3 Å². The summed E-state index contributed by atoms with van der Waals surface area (Å²) in [6.07, 6.45) is 4.14. The lowest BCUT2D eigenvalue weighted by Gasteiger charge is -2.24. The van der Waals surface area contributed by atoms with Crippen molar-refractivity contribution in [3.05, 3.63) is 84.5 Å². The van der Waals surface area contributed by atoms with Crippen molar-refractivity contribution < 1.29 is 19.1 Å². The van der Waals surface area contributed by atoms with Crippen molar-refractivity contribution in [1.29, 1.82) is 0 Å². The Morgan fingerprint density at radius 2 is 2.03 bits per heavy atom. The van der Waals surface area contributed by atoms with Crippen LogP contribution < -0.4 is 10.1 Å². The van der Waals surface area contributed by atoms with E-state index in [2.05, 4.69) is 18.5 Å². The summed E-state index contributed by atoms with van der Waals surface area (Å²) in [7, 11) is 0. The topological polar surface area (TPSA) is 64.6 Å². The van der Waals surface area contributed by atoms with Gasteiger partial charge in [-0.1, -0.05) is 49.1 Å². The number of benzene rings is 2. The third-order valence-corrected chi connectivity index (χ3v) is 6.09. The fourth-order valence-corrected chi connectivity index (χ4v) is 4.62. The Morgan fingerprint density at radius 3 is 2.81 bits per heavy atom. The molecule has 0 radical (unpaired) electrons. The molecule has 2 aromatic carbocycles. The molecule has 2 unspecified atom stereocenters. The van der Waals surface area contributed by atoms with Gasteiger partial charge in [-0.3, -0.25) is 9.59 Å². The Morgan fingerprint density at radius 1 is 1.23 bits per heavy atom. The van der Waals surface area contributed by atoms with Crippen LogP contribution in [0.25, 0.3) is 0 Å². The summed E-state index contributed by atoms with van der Waals surface area (Å²) in [5.74, 6) is 0.733. The van der Waals surface area contributed by atoms with Gasteiger partial charge in [0.05, 0.1) is 18.4 Å². The average molecular weight is 418 g/mol. The molecule has 1 N–H and O–H groups in total. The van der Waals surface area contributed by atoms with E-state index in [9.17, 15) is 9.59 Å². The van der Waals surface area contributed by atoms with Crippen LogP contribution in [0.2, 0.25) is 0 Å². The molecule has 5 nitrogen and oxygen atoms in total. The van der Waals surface area contributed by atoms with Crippen molar-refractivity contribution in [3.8, 4) is 5.75 Å². The summed E-state index contributed by atoms with van der Waals surface area (Å²) in [6.45, 7) is 8.64. The van der Waals surface area contributed by atoms with Crippen LogP contribution in [0.3, 0.4) is 0 Å². The molecule has 2 fully saturated rings. The number of allylic oxidation sites excluding steroid dienone is 1. The molecule has 2 aromatic rings. The van der Waals surface area contributed by atoms with E-state index >= 15 is 0 Å². The molecule has 4 rings (SSSR count). The van der Waals surface area contributed by atoms with E-state index in [0.29, 0.717) is 31.8 Å². The van der Waals surface area contributed by atoms with E-state index in [4.69, 9.17) is 9.47 Å². The van der Waals surface area contributed by atoms with Crippen LogP contribution in [0.1, 0.15) is 24.0 Å². The monoisotopic (exact) mass is 417 g/mol. The largest absolute Gasteiger partial charge is 0.490 e. The number of esters is 1. The van der Waals surface area contributed by atoms with E-state index in [1.165, 1.54) is 0 Å². The number of rotatable bonds is 8. The first kappa shape index (κ1) is 20.9. The van der Waals surface area contributed by atoms with Gasteiger partial charge in [0.25, 0.3) is 0 Å². The van der Waals surface area contributed by atoms with Crippen molar-refractivity contribution in [2.24, 2.45) is 11.3 Å². The lowest BCUT2D eigenvalue weighted by molar-refractivity contribution is -0.146. The number of anilines is 1. The summed E-state index contributed by atoms with van der Waals surface area (Å²) in [5.41, 5.74) is 3.32. The summed E-state index contributed by atoms with van der Waals surface area (Å²) < 4.78 is 10.9. The van der Waals surface area contributed by atoms with Crippen LogP contribution in [-0.2, 0) is 27.2 Å². The molecule has 31 heavy (non-hydrogen) atoms. The minimum absolute atomic E-state index is 0.0984. The summed E-state index contributed by atoms with van der Waals surface area (Å²) >= 11 is 0. The normalized spacial score (nSPS) is 22.0. The highest BCUT2D eigenvalue weighted by Gasteiger charge is 2.55. The smallest absolute Gasteiger partial charge is 0.313 e. The van der Waals surface area contributed by atoms with Gasteiger partial charge in [0.2, 0.25) is 5.91 Å². The van der Waals surface area contributed by atoms with Crippen LogP contribution in [0.5, 0.6) is 5.75 Å². The Labute approximate surface area is 182 Å². The third kappa shape index (κ3) is 4.55. The van der Waals surface area contributed by atoms with Gasteiger partial charge < -0.3 is 14.8 Å². The van der Waals surface area contributed by atoms with Gasteiger partial charge in [0.1, 0.15) is 12.4 Å². The van der Waals surface area contributed by atoms with Gasteiger partial charge in [-0.2, -0.15) is 0 Å². The fraction of sp³-hybridized carbons (Fsp3) is 0.308. The average Bonchev–Trinajstić information content (AvgIpc) is 3.22. The van der Waals surface area contributed by atoms with Crippen LogP contribution in [0.4, 0.5) is 5.69 Å². The second-order valence-electron chi connectivity index (χ2n) is 8.43. The first-order chi connectivity index (χ1) is 15.0. The molecule has 0 bridgehead atoms. The zero-order chi connectivity index (χ0) is 21.8. The number of ether oxygens (including phenoxy) is 2. The number of cyclic esters (lactones) is 1. The standard InChI is InChI=1S/C26H27NO4/c1-3-11-30-23-6-4-5-20(13-23)14-24(28)27-22-9-7-19(8-10-22)16-26-15-18(2)12-21(26)17-31-25(26)29/h3-10,13,21H,1-2,11-12,14-17H2,(H,27,28). The second-order valence-corrected chi connectivity index (χ2v) is 8.43. The van der Waals surface area contributed by atoms with E-state index in [1.54, 1.807) is 6.08 Å². The molecular weight excluding hydrogens is 390 g/mol. The van der Waals surface area contributed by atoms with E-state index in [1.807, 2.05) is 48.5 Å². The molecule has 1 saturated carbocycles. The maximum Gasteiger partial charge on any atom is 0.313 e. The molecular formula is C26H27NO4. The molecule has 1 aliphatic heterocycles. The number of carbonyl (C=O) groups is 2. The molecule has 1 amide bonds. The van der Waals surface area contributed by atoms with Crippen molar-refractivity contribution in [1.82, 2.24) is 0 Å². The molecule has 2 aliphatic rings. The molecule has 1 heterocycles. The van der Waals surface area contributed by atoms with Gasteiger partial charge in [-0.05, 0) is 54.7 Å². The Hall–Kier alpha value is -3.34. The number of fused-ring (bicyclic) bond motifs is 1. The number of nitrogens with one attached hydrogen (secondary N) is 1. The third-order valence-electron chi connectivity index (χ3n) is 6.09. The molecule has 0 aromatic heterocycles. The minimum atomic E-state index is -0.472. The molecule has 0 spiro atoms. The van der Waals surface area contributed by atoms with E-state index in [0.717, 1.165) is 28.8 Å². The predicted molar refractivity (Wildman–Crippen MR) is 120 cm³/mol. The Bertz CT molecular complexity index is 1010. The maximum atomic E-state index is 12.5. The number of hydrogen-bond donors (Lipinski definition) is 1. The van der Waals surface area contributed by atoms with Crippen LogP contribution in [0.15, 0.2) is 73.3 Å². The van der Waals surface area contributed by atoms with Crippen LogP contribution in [-0.4, -0.2) is 25.1 Å².